The fraction of sp³-hybridized carbons (Fsp3) is 0.143. The second kappa shape index (κ2) is 3.26. The Bertz CT molecular complexity index is 398. The third-order valence-electron chi connectivity index (χ3n) is 1.42. The molecule has 2 N–H and O–H groups in total. The van der Waals surface area contributed by atoms with Crippen molar-refractivity contribution in [1.82, 2.24) is 4.98 Å². The number of H-pyrrole nitrogens is 1. The summed E-state index contributed by atoms with van der Waals surface area (Å²) in [6, 6.07) is 0. The summed E-state index contributed by atoms with van der Waals surface area (Å²) in [6.07, 6.45) is 0.882. The van der Waals surface area contributed by atoms with Crippen molar-refractivity contribution < 1.29 is 19.0 Å². The number of hydrogen-bond donors (Lipinski definition) is 2. The molecule has 0 aromatic carbocycles. The SMILES string of the molecule is COC(=O)c1c[nH]c(=O)c(F)c1O. The molecule has 6 heteroatoms. The molecular formula is C7H6FNO4. The lowest BCUT2D eigenvalue weighted by Crippen LogP contribution is -2.14. The minimum absolute atomic E-state index is 0.417. The third kappa shape index (κ3) is 1.51. The number of hydrogen-bond acceptors (Lipinski definition) is 4. The Balaban J connectivity index is 3.34. The van der Waals surface area contributed by atoms with Gasteiger partial charge in [0.2, 0.25) is 5.82 Å². The Morgan fingerprint density at radius 3 is 2.85 bits per heavy atom. The zero-order valence-electron chi connectivity index (χ0n) is 6.63. The van der Waals surface area contributed by atoms with E-state index in [-0.39, 0.29) is 0 Å². The molecule has 13 heavy (non-hydrogen) atoms. The van der Waals surface area contributed by atoms with Gasteiger partial charge in [0.15, 0.2) is 5.75 Å². The minimum Gasteiger partial charge on any atom is -0.504 e. The molecule has 0 bridgehead atoms. The number of aromatic amines is 1. The first kappa shape index (κ1) is 9.24. The molecule has 0 unspecified atom stereocenters. The third-order valence-corrected chi connectivity index (χ3v) is 1.42. The van der Waals surface area contributed by atoms with Crippen molar-refractivity contribution >= 4 is 5.97 Å². The van der Waals surface area contributed by atoms with E-state index in [1.807, 2.05) is 4.98 Å². The molecule has 0 spiro atoms. The van der Waals surface area contributed by atoms with Crippen molar-refractivity contribution in [2.45, 2.75) is 0 Å². The molecule has 0 radical (unpaired) electrons. The Hall–Kier alpha value is -1.85. The molecule has 5 nitrogen and oxygen atoms in total. The molecule has 0 saturated carbocycles. The average molecular weight is 187 g/mol. The highest BCUT2D eigenvalue weighted by molar-refractivity contribution is 5.91. The molecule has 0 amide bonds. The zero-order chi connectivity index (χ0) is 10.0. The maximum absolute atomic E-state index is 12.7. The number of methoxy groups -OCH3 is 1. The number of rotatable bonds is 1. The summed E-state index contributed by atoms with van der Waals surface area (Å²) in [7, 11) is 1.07. The largest absolute Gasteiger partial charge is 0.504 e. The van der Waals surface area contributed by atoms with Gasteiger partial charge in [-0.3, -0.25) is 4.79 Å². The van der Waals surface area contributed by atoms with Gasteiger partial charge < -0.3 is 14.8 Å². The van der Waals surface area contributed by atoms with Gasteiger partial charge >= 0.3 is 5.97 Å². The highest BCUT2D eigenvalue weighted by Gasteiger charge is 2.17. The van der Waals surface area contributed by atoms with E-state index in [9.17, 15) is 14.0 Å². The van der Waals surface area contributed by atoms with Crippen LogP contribution in [0.15, 0.2) is 11.0 Å². The van der Waals surface area contributed by atoms with E-state index in [2.05, 4.69) is 4.74 Å². The summed E-state index contributed by atoms with van der Waals surface area (Å²) < 4.78 is 16.9. The highest BCUT2D eigenvalue weighted by atomic mass is 19.1. The van der Waals surface area contributed by atoms with Crippen LogP contribution in [0.5, 0.6) is 5.75 Å². The molecular weight excluding hydrogens is 181 g/mol. The van der Waals surface area contributed by atoms with E-state index in [1.54, 1.807) is 0 Å². The van der Waals surface area contributed by atoms with Crippen molar-refractivity contribution in [3.8, 4) is 5.75 Å². The number of ether oxygens (including phenoxy) is 1. The first-order chi connectivity index (χ1) is 6.07. The molecule has 0 aliphatic heterocycles. The summed E-state index contributed by atoms with van der Waals surface area (Å²) in [6.45, 7) is 0. The van der Waals surface area contributed by atoms with Crippen molar-refractivity contribution in [3.05, 3.63) is 27.9 Å². The molecule has 0 atom stereocenters. The normalized spacial score (nSPS) is 9.69. The predicted molar refractivity (Wildman–Crippen MR) is 40.0 cm³/mol. The summed E-state index contributed by atoms with van der Waals surface area (Å²) in [5.41, 5.74) is -1.51. The van der Waals surface area contributed by atoms with Crippen LogP contribution in [0.3, 0.4) is 0 Å². The number of esters is 1. The molecule has 0 fully saturated rings. The standard InChI is InChI=1S/C7H6FNO4/c1-13-7(12)3-2-9-6(11)4(8)5(3)10/h2H,1H3,(H2,9,10,11). The molecule has 1 rings (SSSR count). The van der Waals surface area contributed by atoms with Crippen LogP contribution in [0.25, 0.3) is 0 Å². The molecule has 1 heterocycles. The second-order valence-corrected chi connectivity index (χ2v) is 2.19. The fourth-order valence-electron chi connectivity index (χ4n) is 0.761. The highest BCUT2D eigenvalue weighted by Crippen LogP contribution is 2.16. The smallest absolute Gasteiger partial charge is 0.343 e. The van der Waals surface area contributed by atoms with Gasteiger partial charge in [0, 0.05) is 6.20 Å². The van der Waals surface area contributed by atoms with Crippen molar-refractivity contribution in [3.63, 3.8) is 0 Å². The quantitative estimate of drug-likeness (QED) is 0.607. The van der Waals surface area contributed by atoms with Crippen LogP contribution in [-0.4, -0.2) is 23.2 Å². The molecule has 70 valence electrons. The zero-order valence-corrected chi connectivity index (χ0v) is 6.63. The van der Waals surface area contributed by atoms with Gasteiger partial charge in [0.05, 0.1) is 7.11 Å². The molecule has 1 aromatic heterocycles. The Labute approximate surface area is 71.8 Å². The van der Waals surface area contributed by atoms with Crippen LogP contribution in [0.4, 0.5) is 4.39 Å². The Kier molecular flexibility index (Phi) is 2.32. The molecule has 1 aromatic rings. The van der Waals surface area contributed by atoms with Crippen LogP contribution < -0.4 is 5.56 Å². The molecule has 0 aliphatic carbocycles. The van der Waals surface area contributed by atoms with E-state index >= 15 is 0 Å². The van der Waals surface area contributed by atoms with E-state index in [1.165, 1.54) is 0 Å². The van der Waals surface area contributed by atoms with Gasteiger partial charge in [-0.05, 0) is 0 Å². The van der Waals surface area contributed by atoms with Gasteiger partial charge in [-0.25, -0.2) is 4.79 Å². The monoisotopic (exact) mass is 187 g/mol. The number of aromatic nitrogens is 1. The second-order valence-electron chi connectivity index (χ2n) is 2.19. The topological polar surface area (TPSA) is 79.4 Å². The summed E-state index contributed by atoms with van der Waals surface area (Å²) >= 11 is 0. The maximum atomic E-state index is 12.7. The number of aromatic hydroxyl groups is 1. The van der Waals surface area contributed by atoms with E-state index in [0.29, 0.717) is 0 Å². The fourth-order valence-corrected chi connectivity index (χ4v) is 0.761. The van der Waals surface area contributed by atoms with Crippen LogP contribution in [0.1, 0.15) is 10.4 Å². The van der Waals surface area contributed by atoms with Gasteiger partial charge in [-0.2, -0.15) is 4.39 Å². The van der Waals surface area contributed by atoms with E-state index < -0.39 is 28.7 Å². The van der Waals surface area contributed by atoms with Gasteiger partial charge in [-0.1, -0.05) is 0 Å². The van der Waals surface area contributed by atoms with Crippen LogP contribution >= 0.6 is 0 Å². The first-order valence-corrected chi connectivity index (χ1v) is 3.26. The lowest BCUT2D eigenvalue weighted by molar-refractivity contribution is 0.0596. The Morgan fingerprint density at radius 1 is 1.69 bits per heavy atom. The van der Waals surface area contributed by atoms with Crippen LogP contribution in [0, 0.1) is 5.82 Å². The lowest BCUT2D eigenvalue weighted by atomic mass is 10.2. The average Bonchev–Trinajstić information content (AvgIpc) is 2.13. The van der Waals surface area contributed by atoms with Gasteiger partial charge in [0.1, 0.15) is 5.56 Å². The van der Waals surface area contributed by atoms with E-state index in [4.69, 9.17) is 5.11 Å². The molecule has 0 saturated heterocycles. The summed E-state index contributed by atoms with van der Waals surface area (Å²) in [4.78, 5) is 23.3. The van der Waals surface area contributed by atoms with E-state index in [0.717, 1.165) is 13.3 Å². The van der Waals surface area contributed by atoms with Crippen molar-refractivity contribution in [1.29, 1.82) is 0 Å². The molecule has 0 aliphatic rings. The number of carbonyl (C=O) groups is 1. The first-order valence-electron chi connectivity index (χ1n) is 3.26. The maximum Gasteiger partial charge on any atom is 0.343 e. The van der Waals surface area contributed by atoms with Crippen molar-refractivity contribution in [2.24, 2.45) is 0 Å². The lowest BCUT2D eigenvalue weighted by Gasteiger charge is -2.01. The van der Waals surface area contributed by atoms with Crippen LogP contribution in [0.2, 0.25) is 0 Å². The minimum atomic E-state index is -1.40. The number of nitrogens with one attached hydrogen (secondary N) is 1. The summed E-state index contributed by atoms with van der Waals surface area (Å²) in [5.74, 6) is -3.33. The number of halogens is 1. The van der Waals surface area contributed by atoms with Crippen LogP contribution in [-0.2, 0) is 4.74 Å². The van der Waals surface area contributed by atoms with Gasteiger partial charge in [0.25, 0.3) is 5.56 Å². The number of pyridine rings is 1. The Morgan fingerprint density at radius 2 is 2.31 bits per heavy atom. The number of carbonyl (C=O) groups excluding carboxylic acids is 1. The van der Waals surface area contributed by atoms with Crippen molar-refractivity contribution in [2.75, 3.05) is 7.11 Å². The summed E-state index contributed by atoms with van der Waals surface area (Å²) in [5, 5.41) is 8.98. The predicted octanol–water partition coefficient (Wildman–Crippen LogP) is 0.00620. The van der Waals surface area contributed by atoms with Gasteiger partial charge in [-0.15, -0.1) is 0 Å².